The predicted molar refractivity (Wildman–Crippen MR) is 96.5 cm³/mol. The molecule has 2 aromatic rings. The Kier molecular flexibility index (Phi) is 7.14. The molecule has 1 aliphatic heterocycles. The SMILES string of the molecule is Cl.Fc1ccc(Oc2cc(Cl)ccc2C[C@H]2CNCCO2)c(Cl)c1. The van der Waals surface area contributed by atoms with Crippen molar-refractivity contribution in [3.63, 3.8) is 0 Å². The van der Waals surface area contributed by atoms with Gasteiger partial charge in [-0.3, -0.25) is 0 Å². The number of rotatable bonds is 4. The summed E-state index contributed by atoms with van der Waals surface area (Å²) in [6.07, 6.45) is 0.772. The molecule has 3 rings (SSSR count). The van der Waals surface area contributed by atoms with Crippen molar-refractivity contribution in [2.24, 2.45) is 0 Å². The van der Waals surface area contributed by atoms with E-state index < -0.39 is 5.82 Å². The molecule has 130 valence electrons. The molecule has 0 spiro atoms. The third-order valence-corrected chi connectivity index (χ3v) is 4.13. The Morgan fingerprint density at radius 3 is 2.71 bits per heavy atom. The van der Waals surface area contributed by atoms with Crippen molar-refractivity contribution >= 4 is 35.6 Å². The number of nitrogens with one attached hydrogen (secondary N) is 1. The molecule has 1 N–H and O–H groups in total. The van der Waals surface area contributed by atoms with E-state index in [0.717, 1.165) is 18.7 Å². The Labute approximate surface area is 156 Å². The third kappa shape index (κ3) is 4.98. The normalized spacial score (nSPS) is 17.2. The zero-order valence-corrected chi connectivity index (χ0v) is 15.1. The van der Waals surface area contributed by atoms with E-state index in [9.17, 15) is 4.39 Å². The molecule has 1 fully saturated rings. The Hall–Kier alpha value is -1.04. The average Bonchev–Trinajstić information content (AvgIpc) is 2.54. The molecule has 0 aliphatic carbocycles. The van der Waals surface area contributed by atoms with Crippen LogP contribution in [0.4, 0.5) is 4.39 Å². The fourth-order valence-electron chi connectivity index (χ4n) is 2.46. The first-order chi connectivity index (χ1) is 11.1. The lowest BCUT2D eigenvalue weighted by atomic mass is 10.1. The summed E-state index contributed by atoms with van der Waals surface area (Å²) in [5, 5.41) is 4.07. The van der Waals surface area contributed by atoms with Gasteiger partial charge in [-0.15, -0.1) is 12.4 Å². The lowest BCUT2D eigenvalue weighted by Crippen LogP contribution is -2.39. The van der Waals surface area contributed by atoms with Crippen LogP contribution < -0.4 is 10.1 Å². The average molecular weight is 393 g/mol. The predicted octanol–water partition coefficient (Wildman–Crippen LogP) is 4.88. The zero-order chi connectivity index (χ0) is 16.2. The second-order valence-electron chi connectivity index (χ2n) is 5.33. The van der Waals surface area contributed by atoms with Gasteiger partial charge in [0, 0.05) is 24.5 Å². The van der Waals surface area contributed by atoms with Crippen molar-refractivity contribution in [2.75, 3.05) is 19.7 Å². The lowest BCUT2D eigenvalue weighted by molar-refractivity contribution is 0.0289. The second-order valence-corrected chi connectivity index (χ2v) is 6.17. The maximum atomic E-state index is 13.2. The maximum absolute atomic E-state index is 13.2. The number of morpholine rings is 1. The van der Waals surface area contributed by atoms with Crippen molar-refractivity contribution in [1.29, 1.82) is 0 Å². The molecular weight excluding hydrogens is 376 g/mol. The molecular formula is C17H17Cl3FNO2. The molecule has 1 atom stereocenters. The van der Waals surface area contributed by atoms with E-state index in [-0.39, 0.29) is 23.5 Å². The zero-order valence-electron chi connectivity index (χ0n) is 12.7. The van der Waals surface area contributed by atoms with E-state index in [4.69, 9.17) is 32.7 Å². The van der Waals surface area contributed by atoms with Crippen LogP contribution in [0.1, 0.15) is 5.56 Å². The van der Waals surface area contributed by atoms with Gasteiger partial charge in [0.1, 0.15) is 17.3 Å². The van der Waals surface area contributed by atoms with Gasteiger partial charge in [-0.1, -0.05) is 29.3 Å². The highest BCUT2D eigenvalue weighted by Crippen LogP contribution is 2.34. The lowest BCUT2D eigenvalue weighted by Gasteiger charge is -2.24. The van der Waals surface area contributed by atoms with Gasteiger partial charge in [0.2, 0.25) is 0 Å². The molecule has 1 aliphatic rings. The van der Waals surface area contributed by atoms with Gasteiger partial charge in [0.05, 0.1) is 17.7 Å². The van der Waals surface area contributed by atoms with E-state index in [0.29, 0.717) is 29.5 Å². The quantitative estimate of drug-likeness (QED) is 0.804. The van der Waals surface area contributed by atoms with Crippen molar-refractivity contribution in [1.82, 2.24) is 5.32 Å². The van der Waals surface area contributed by atoms with Crippen LogP contribution in [0.5, 0.6) is 11.5 Å². The Morgan fingerprint density at radius 1 is 1.17 bits per heavy atom. The monoisotopic (exact) mass is 391 g/mol. The van der Waals surface area contributed by atoms with Gasteiger partial charge < -0.3 is 14.8 Å². The van der Waals surface area contributed by atoms with Gasteiger partial charge in [0.25, 0.3) is 0 Å². The molecule has 1 saturated heterocycles. The largest absolute Gasteiger partial charge is 0.455 e. The van der Waals surface area contributed by atoms with Crippen LogP contribution in [-0.4, -0.2) is 25.8 Å². The minimum absolute atomic E-state index is 0. The Morgan fingerprint density at radius 2 is 2.00 bits per heavy atom. The maximum Gasteiger partial charge on any atom is 0.146 e. The number of ether oxygens (including phenoxy) is 2. The van der Waals surface area contributed by atoms with Gasteiger partial charge in [-0.05, 0) is 35.9 Å². The van der Waals surface area contributed by atoms with Crippen LogP contribution in [0, 0.1) is 5.82 Å². The summed E-state index contributed by atoms with van der Waals surface area (Å²) < 4.78 is 24.7. The topological polar surface area (TPSA) is 30.5 Å². The van der Waals surface area contributed by atoms with E-state index >= 15 is 0 Å². The summed E-state index contributed by atoms with van der Waals surface area (Å²) in [7, 11) is 0. The molecule has 7 heteroatoms. The molecule has 2 aromatic carbocycles. The van der Waals surface area contributed by atoms with E-state index in [1.807, 2.05) is 12.1 Å². The van der Waals surface area contributed by atoms with Crippen molar-refractivity contribution in [2.45, 2.75) is 12.5 Å². The van der Waals surface area contributed by atoms with Crippen LogP contribution in [0.3, 0.4) is 0 Å². The van der Waals surface area contributed by atoms with Gasteiger partial charge in [-0.25, -0.2) is 4.39 Å². The van der Waals surface area contributed by atoms with Crippen molar-refractivity contribution in [3.8, 4) is 11.5 Å². The minimum atomic E-state index is -0.407. The summed E-state index contributed by atoms with van der Waals surface area (Å²) in [4.78, 5) is 0. The fraction of sp³-hybridized carbons (Fsp3) is 0.294. The van der Waals surface area contributed by atoms with Crippen LogP contribution in [0.25, 0.3) is 0 Å². The van der Waals surface area contributed by atoms with Crippen LogP contribution in [0.2, 0.25) is 10.0 Å². The Bertz CT molecular complexity index is 694. The molecule has 0 saturated carbocycles. The first kappa shape index (κ1) is 19.3. The smallest absolute Gasteiger partial charge is 0.146 e. The van der Waals surface area contributed by atoms with E-state index in [2.05, 4.69) is 5.32 Å². The summed E-state index contributed by atoms with van der Waals surface area (Å²) in [6, 6.07) is 9.47. The standard InChI is InChI=1S/C17H16Cl2FNO2.ClH/c18-12-2-1-11(7-14-10-21-5-6-22-14)17(8-12)23-16-4-3-13(20)9-15(16)19;/h1-4,8-9,14,21H,5-7,10H2;1H/t14-;/m0./s1. The first-order valence-corrected chi connectivity index (χ1v) is 8.11. The first-order valence-electron chi connectivity index (χ1n) is 7.35. The second kappa shape index (κ2) is 8.88. The van der Waals surface area contributed by atoms with Crippen LogP contribution in [-0.2, 0) is 11.2 Å². The molecule has 0 radical (unpaired) electrons. The van der Waals surface area contributed by atoms with Gasteiger partial charge in [-0.2, -0.15) is 0 Å². The number of halogens is 4. The number of hydrogen-bond acceptors (Lipinski definition) is 3. The molecule has 0 amide bonds. The van der Waals surface area contributed by atoms with Crippen molar-refractivity contribution < 1.29 is 13.9 Å². The highest BCUT2D eigenvalue weighted by atomic mass is 35.5. The summed E-state index contributed by atoms with van der Waals surface area (Å²) >= 11 is 12.1. The van der Waals surface area contributed by atoms with Crippen molar-refractivity contribution in [3.05, 3.63) is 57.8 Å². The molecule has 0 bridgehead atoms. The highest BCUT2D eigenvalue weighted by Gasteiger charge is 2.17. The third-order valence-electron chi connectivity index (χ3n) is 3.60. The fourth-order valence-corrected chi connectivity index (χ4v) is 2.83. The highest BCUT2D eigenvalue weighted by molar-refractivity contribution is 6.32. The van der Waals surface area contributed by atoms with Crippen LogP contribution in [0.15, 0.2) is 36.4 Å². The van der Waals surface area contributed by atoms with Crippen LogP contribution >= 0.6 is 35.6 Å². The van der Waals surface area contributed by atoms with Gasteiger partial charge in [0.15, 0.2) is 0 Å². The van der Waals surface area contributed by atoms with Gasteiger partial charge >= 0.3 is 0 Å². The molecule has 0 unspecified atom stereocenters. The van der Waals surface area contributed by atoms with E-state index in [1.54, 1.807) is 6.07 Å². The molecule has 1 heterocycles. The summed E-state index contributed by atoms with van der Waals surface area (Å²) in [5.41, 5.74) is 0.962. The molecule has 0 aromatic heterocycles. The molecule has 3 nitrogen and oxygen atoms in total. The summed E-state index contributed by atoms with van der Waals surface area (Å²) in [6.45, 7) is 2.35. The van der Waals surface area contributed by atoms with E-state index in [1.165, 1.54) is 18.2 Å². The molecule has 24 heavy (non-hydrogen) atoms. The summed E-state index contributed by atoms with van der Waals surface area (Å²) in [5.74, 6) is 0.579. The minimum Gasteiger partial charge on any atom is -0.455 e. The number of benzene rings is 2. The number of hydrogen-bond donors (Lipinski definition) is 1. The Balaban J connectivity index is 0.00000208.